The first kappa shape index (κ1) is 7.62. The highest BCUT2D eigenvalue weighted by Gasteiger charge is 1.59. The van der Waals surface area contributed by atoms with Crippen LogP contribution in [-0.4, -0.2) is 12.4 Å². The summed E-state index contributed by atoms with van der Waals surface area (Å²) in [5.74, 6) is 0. The number of hydrogen-bond donors (Lipinski definition) is 1. The zero-order chi connectivity index (χ0) is 6.95. The van der Waals surface area contributed by atoms with Crippen LogP contribution < -0.4 is 5.53 Å². The number of nitrogens with zero attached hydrogens (tertiary/aromatic N) is 2. The zero-order valence-electron chi connectivity index (χ0n) is 5.12. The molecule has 0 radical (unpaired) electrons. The summed E-state index contributed by atoms with van der Waals surface area (Å²) < 4.78 is 0. The van der Waals surface area contributed by atoms with Gasteiger partial charge in [-0.05, 0) is 12.2 Å². The van der Waals surface area contributed by atoms with Gasteiger partial charge in [0.25, 0.3) is 0 Å². The van der Waals surface area contributed by atoms with Crippen LogP contribution in [0.4, 0.5) is 0 Å². The van der Waals surface area contributed by atoms with Gasteiger partial charge in [-0.1, -0.05) is 13.2 Å². The smallest absolute Gasteiger partial charge is 0.0483 e. The standard InChI is InChI=1S/C6H9N3/c1-3-5-7-9-8-6-4-2/h3-6,9H,1-2H2/b7-5+,8-6+. The van der Waals surface area contributed by atoms with Gasteiger partial charge in [0.1, 0.15) is 0 Å². The Morgan fingerprint density at radius 1 is 1.00 bits per heavy atom. The molecular weight excluding hydrogens is 114 g/mol. The molecule has 0 heterocycles. The van der Waals surface area contributed by atoms with E-state index in [0.29, 0.717) is 0 Å². The molecule has 0 aromatic rings. The Morgan fingerprint density at radius 3 is 1.78 bits per heavy atom. The van der Waals surface area contributed by atoms with E-state index < -0.39 is 0 Å². The predicted octanol–water partition coefficient (Wildman–Crippen LogP) is 0.920. The van der Waals surface area contributed by atoms with E-state index in [-0.39, 0.29) is 0 Å². The van der Waals surface area contributed by atoms with Crippen molar-refractivity contribution in [3.05, 3.63) is 25.3 Å². The second kappa shape index (κ2) is 6.62. The van der Waals surface area contributed by atoms with Gasteiger partial charge in [-0.3, -0.25) is 0 Å². The molecule has 48 valence electrons. The van der Waals surface area contributed by atoms with E-state index in [1.54, 1.807) is 12.2 Å². The summed E-state index contributed by atoms with van der Waals surface area (Å²) in [6.45, 7) is 6.83. The van der Waals surface area contributed by atoms with Crippen LogP contribution in [0.15, 0.2) is 35.5 Å². The number of allylic oxidation sites excluding steroid dienone is 2. The van der Waals surface area contributed by atoms with Crippen LogP contribution in [0.5, 0.6) is 0 Å². The number of hydrazone groups is 2. The molecule has 0 atom stereocenters. The summed E-state index contributed by atoms with van der Waals surface area (Å²) >= 11 is 0. The van der Waals surface area contributed by atoms with E-state index in [0.717, 1.165) is 0 Å². The van der Waals surface area contributed by atoms with Crippen molar-refractivity contribution in [1.29, 1.82) is 0 Å². The molecule has 0 amide bonds. The maximum Gasteiger partial charge on any atom is 0.0483 e. The summed E-state index contributed by atoms with van der Waals surface area (Å²) in [5, 5.41) is 7.18. The summed E-state index contributed by atoms with van der Waals surface area (Å²) in [4.78, 5) is 0. The molecular formula is C6H9N3. The van der Waals surface area contributed by atoms with Crippen LogP contribution in [-0.2, 0) is 0 Å². The Kier molecular flexibility index (Phi) is 5.60. The van der Waals surface area contributed by atoms with Crippen molar-refractivity contribution in [3.8, 4) is 0 Å². The average molecular weight is 123 g/mol. The Hall–Kier alpha value is -1.38. The number of rotatable bonds is 4. The van der Waals surface area contributed by atoms with Crippen molar-refractivity contribution in [2.45, 2.75) is 0 Å². The number of nitrogens with one attached hydrogen (secondary N) is 1. The monoisotopic (exact) mass is 123 g/mol. The van der Waals surface area contributed by atoms with Gasteiger partial charge in [0, 0.05) is 12.4 Å². The SMILES string of the molecule is C=C/C=N/N/N=C/C=C. The van der Waals surface area contributed by atoms with Crippen molar-refractivity contribution >= 4 is 12.4 Å². The summed E-state index contributed by atoms with van der Waals surface area (Å²) in [6.07, 6.45) is 6.10. The molecule has 0 saturated heterocycles. The molecule has 9 heavy (non-hydrogen) atoms. The molecule has 0 aliphatic heterocycles. The molecule has 0 aliphatic rings. The van der Waals surface area contributed by atoms with Crippen molar-refractivity contribution in [2.75, 3.05) is 0 Å². The third kappa shape index (κ3) is 6.62. The predicted molar refractivity (Wildman–Crippen MR) is 40.5 cm³/mol. The van der Waals surface area contributed by atoms with Gasteiger partial charge >= 0.3 is 0 Å². The van der Waals surface area contributed by atoms with Crippen LogP contribution in [0.1, 0.15) is 0 Å². The van der Waals surface area contributed by atoms with Crippen molar-refractivity contribution < 1.29 is 0 Å². The normalized spacial score (nSPS) is 10.2. The Morgan fingerprint density at radius 2 is 1.44 bits per heavy atom. The van der Waals surface area contributed by atoms with E-state index in [1.807, 2.05) is 0 Å². The maximum atomic E-state index is 3.59. The molecule has 0 aromatic carbocycles. The maximum absolute atomic E-state index is 3.59. The largest absolute Gasteiger partial charge is 0.198 e. The van der Waals surface area contributed by atoms with Gasteiger partial charge in [0.15, 0.2) is 0 Å². The molecule has 0 aromatic heterocycles. The highest BCUT2D eigenvalue weighted by molar-refractivity contribution is 5.71. The zero-order valence-corrected chi connectivity index (χ0v) is 5.12. The van der Waals surface area contributed by atoms with E-state index in [1.165, 1.54) is 12.4 Å². The molecule has 0 spiro atoms. The lowest BCUT2D eigenvalue weighted by Gasteiger charge is -1.82. The minimum absolute atomic E-state index is 1.50. The van der Waals surface area contributed by atoms with Gasteiger partial charge < -0.3 is 0 Å². The first-order valence-electron chi connectivity index (χ1n) is 2.45. The quantitative estimate of drug-likeness (QED) is 0.438. The minimum atomic E-state index is 1.50. The second-order valence-electron chi connectivity index (χ2n) is 1.13. The molecule has 0 fully saturated rings. The van der Waals surface area contributed by atoms with Crippen LogP contribution in [0.25, 0.3) is 0 Å². The van der Waals surface area contributed by atoms with Crippen molar-refractivity contribution in [2.24, 2.45) is 10.2 Å². The van der Waals surface area contributed by atoms with Crippen LogP contribution in [0.3, 0.4) is 0 Å². The average Bonchev–Trinajstić information content (AvgIpc) is 1.89. The van der Waals surface area contributed by atoms with Gasteiger partial charge in [-0.25, -0.2) is 0 Å². The Balaban J connectivity index is 3.27. The van der Waals surface area contributed by atoms with Crippen LogP contribution in [0.2, 0.25) is 0 Å². The fourth-order valence-electron chi connectivity index (χ4n) is 0.205. The molecule has 0 rings (SSSR count). The number of hydrogen-bond acceptors (Lipinski definition) is 3. The van der Waals surface area contributed by atoms with E-state index in [9.17, 15) is 0 Å². The highest BCUT2D eigenvalue weighted by Crippen LogP contribution is 1.59. The summed E-state index contributed by atoms with van der Waals surface area (Å²) in [7, 11) is 0. The van der Waals surface area contributed by atoms with Crippen molar-refractivity contribution in [1.82, 2.24) is 5.53 Å². The van der Waals surface area contributed by atoms with Crippen LogP contribution >= 0.6 is 0 Å². The minimum Gasteiger partial charge on any atom is -0.198 e. The van der Waals surface area contributed by atoms with Gasteiger partial charge in [-0.15, -0.1) is 0 Å². The Bertz CT molecular complexity index is 119. The third-order valence-electron chi connectivity index (χ3n) is 0.475. The van der Waals surface area contributed by atoms with Gasteiger partial charge in [0.2, 0.25) is 0 Å². The lowest BCUT2D eigenvalue weighted by Crippen LogP contribution is -1.92. The molecule has 0 bridgehead atoms. The fourth-order valence-corrected chi connectivity index (χ4v) is 0.205. The first-order chi connectivity index (χ1) is 4.41. The van der Waals surface area contributed by atoms with E-state index in [4.69, 9.17) is 0 Å². The van der Waals surface area contributed by atoms with E-state index in [2.05, 4.69) is 28.9 Å². The topological polar surface area (TPSA) is 36.8 Å². The summed E-state index contributed by atoms with van der Waals surface area (Å²) in [5.41, 5.74) is 2.38. The second-order valence-corrected chi connectivity index (χ2v) is 1.13. The first-order valence-corrected chi connectivity index (χ1v) is 2.45. The molecule has 0 unspecified atom stereocenters. The molecule has 1 N–H and O–H groups in total. The van der Waals surface area contributed by atoms with E-state index >= 15 is 0 Å². The summed E-state index contributed by atoms with van der Waals surface area (Å²) in [6, 6.07) is 0. The molecule has 3 heteroatoms. The highest BCUT2D eigenvalue weighted by atomic mass is 15.5. The Labute approximate surface area is 54.5 Å². The molecule has 3 nitrogen and oxygen atoms in total. The lowest BCUT2D eigenvalue weighted by atomic mass is 10.7. The van der Waals surface area contributed by atoms with Gasteiger partial charge in [-0.2, -0.15) is 15.7 Å². The third-order valence-corrected chi connectivity index (χ3v) is 0.475. The fraction of sp³-hybridized carbons (Fsp3) is 0. The molecule has 0 aliphatic carbocycles. The molecule has 0 saturated carbocycles. The lowest BCUT2D eigenvalue weighted by molar-refractivity contribution is 0.820. The van der Waals surface area contributed by atoms with Gasteiger partial charge in [0.05, 0.1) is 0 Å². The van der Waals surface area contributed by atoms with Crippen molar-refractivity contribution in [3.63, 3.8) is 0 Å². The van der Waals surface area contributed by atoms with Crippen LogP contribution in [0, 0.1) is 0 Å².